The highest BCUT2D eigenvalue weighted by molar-refractivity contribution is 5.85. The first-order valence-corrected chi connectivity index (χ1v) is 10.4. The fourth-order valence-corrected chi connectivity index (χ4v) is 3.74. The van der Waals surface area contributed by atoms with Crippen molar-refractivity contribution in [1.29, 1.82) is 0 Å². The Labute approximate surface area is 189 Å². The number of rotatable bonds is 7. The van der Waals surface area contributed by atoms with Crippen LogP contribution in [0.2, 0.25) is 0 Å². The summed E-state index contributed by atoms with van der Waals surface area (Å²) < 4.78 is 79.0. The first-order valence-electron chi connectivity index (χ1n) is 10.4. The maximum Gasteiger partial charge on any atom is 0.417 e. The molecule has 4 aromatic rings. The molecule has 0 spiro atoms. The number of hydrogen-bond acceptors (Lipinski definition) is 3. The quantitative estimate of drug-likeness (QED) is 0.204. The number of alkyl halides is 6. The number of fused-ring (bicyclic) bond motifs is 2. The van der Waals surface area contributed by atoms with E-state index in [1.807, 2.05) is 6.07 Å². The molecule has 0 radical (unpaired) electrons. The van der Waals surface area contributed by atoms with E-state index in [-0.39, 0.29) is 28.9 Å². The summed E-state index contributed by atoms with van der Waals surface area (Å²) in [5.41, 5.74) is -1.96. The number of benzene rings is 2. The zero-order chi connectivity index (χ0) is 24.5. The lowest BCUT2D eigenvalue weighted by Crippen LogP contribution is -2.18. The molecule has 11 heteroatoms. The zero-order valence-corrected chi connectivity index (χ0v) is 17.6. The summed E-state index contributed by atoms with van der Waals surface area (Å²) in [6.07, 6.45) is -9.18. The Kier molecular flexibility index (Phi) is 6.30. The largest absolute Gasteiger partial charge is 0.417 e. The van der Waals surface area contributed by atoms with Crippen molar-refractivity contribution in [1.82, 2.24) is 15.3 Å². The van der Waals surface area contributed by atoms with Crippen molar-refractivity contribution in [3.05, 3.63) is 75.6 Å². The molecule has 34 heavy (non-hydrogen) atoms. The average molecular weight is 482 g/mol. The minimum atomic E-state index is -4.91. The summed E-state index contributed by atoms with van der Waals surface area (Å²) in [4.78, 5) is 17.9. The molecule has 2 aromatic heterocycles. The van der Waals surface area contributed by atoms with Crippen LogP contribution in [-0.4, -0.2) is 23.1 Å². The molecule has 5 nitrogen and oxygen atoms in total. The summed E-state index contributed by atoms with van der Waals surface area (Å²) in [5.74, 6) is 0.569. The molecule has 0 aliphatic heterocycles. The third-order valence-corrected chi connectivity index (χ3v) is 5.33. The fraction of sp³-hybridized carbons (Fsp3) is 0.261. The van der Waals surface area contributed by atoms with Crippen LogP contribution in [0.15, 0.2) is 53.3 Å². The van der Waals surface area contributed by atoms with Gasteiger partial charge in [0.15, 0.2) is 5.43 Å². The molecule has 4 rings (SSSR count). The molecule has 2 heterocycles. The molecule has 0 fully saturated rings. The van der Waals surface area contributed by atoms with Crippen LogP contribution < -0.4 is 16.1 Å². The van der Waals surface area contributed by atoms with Crippen molar-refractivity contribution >= 4 is 27.6 Å². The smallest absolute Gasteiger partial charge is 0.371 e. The Bertz CT molecular complexity index is 1370. The third kappa shape index (κ3) is 5.19. The van der Waals surface area contributed by atoms with E-state index in [1.54, 1.807) is 18.2 Å². The fourth-order valence-electron chi connectivity index (χ4n) is 3.74. The van der Waals surface area contributed by atoms with Crippen molar-refractivity contribution in [3.8, 4) is 0 Å². The summed E-state index contributed by atoms with van der Waals surface area (Å²) >= 11 is 0. The molecule has 0 saturated carbocycles. The second-order valence-corrected chi connectivity index (χ2v) is 7.83. The van der Waals surface area contributed by atoms with Gasteiger partial charge in [-0.2, -0.15) is 26.3 Å². The van der Waals surface area contributed by atoms with Crippen LogP contribution in [-0.2, 0) is 18.9 Å². The third-order valence-electron chi connectivity index (χ3n) is 5.33. The average Bonchev–Trinajstić information content (AvgIpc) is 3.17. The van der Waals surface area contributed by atoms with Gasteiger partial charge in [0.2, 0.25) is 0 Å². The van der Waals surface area contributed by atoms with E-state index in [2.05, 4.69) is 20.6 Å². The molecule has 0 amide bonds. The summed E-state index contributed by atoms with van der Waals surface area (Å²) in [7, 11) is 0. The number of para-hydroxylation sites is 1. The lowest BCUT2D eigenvalue weighted by molar-refractivity contribution is -0.142. The molecule has 4 N–H and O–H groups in total. The number of anilines is 1. The van der Waals surface area contributed by atoms with Gasteiger partial charge in [-0.3, -0.25) is 4.79 Å². The first-order chi connectivity index (χ1) is 16.0. The minimum absolute atomic E-state index is 0.110. The van der Waals surface area contributed by atoms with E-state index in [4.69, 9.17) is 0 Å². The highest BCUT2D eigenvalue weighted by atomic mass is 19.4. The van der Waals surface area contributed by atoms with E-state index in [0.29, 0.717) is 48.0 Å². The van der Waals surface area contributed by atoms with Crippen LogP contribution >= 0.6 is 0 Å². The lowest BCUT2D eigenvalue weighted by Gasteiger charge is -2.12. The molecule has 0 bridgehead atoms. The van der Waals surface area contributed by atoms with Crippen LogP contribution in [0.5, 0.6) is 0 Å². The van der Waals surface area contributed by atoms with Crippen LogP contribution in [0.1, 0.15) is 23.2 Å². The van der Waals surface area contributed by atoms with Gasteiger partial charge in [-0.1, -0.05) is 12.1 Å². The van der Waals surface area contributed by atoms with Gasteiger partial charge in [-0.15, -0.1) is 0 Å². The molecule has 2 aromatic carbocycles. The predicted octanol–water partition coefficient (Wildman–Crippen LogP) is 5.64. The molecule has 0 aliphatic rings. The van der Waals surface area contributed by atoms with Crippen molar-refractivity contribution in [3.63, 3.8) is 0 Å². The number of H-pyrrole nitrogens is 2. The van der Waals surface area contributed by atoms with Crippen LogP contribution in [0.3, 0.4) is 0 Å². The Balaban J connectivity index is 1.35. The summed E-state index contributed by atoms with van der Waals surface area (Å²) in [6.45, 7) is 1.15. The molecular weight excluding hydrogens is 462 g/mol. The normalized spacial score (nSPS) is 12.5. The summed E-state index contributed by atoms with van der Waals surface area (Å²) in [6, 6.07) is 10.6. The Morgan fingerprint density at radius 2 is 1.56 bits per heavy atom. The molecule has 0 saturated heterocycles. The number of pyridine rings is 1. The van der Waals surface area contributed by atoms with Crippen molar-refractivity contribution in [2.45, 2.75) is 25.3 Å². The van der Waals surface area contributed by atoms with E-state index < -0.39 is 23.5 Å². The highest BCUT2D eigenvalue weighted by Gasteiger charge is 2.38. The molecule has 0 unspecified atom stereocenters. The van der Waals surface area contributed by atoms with E-state index in [0.717, 1.165) is 0 Å². The van der Waals surface area contributed by atoms with Gasteiger partial charge >= 0.3 is 12.4 Å². The van der Waals surface area contributed by atoms with Gasteiger partial charge in [-0.25, -0.2) is 0 Å². The minimum Gasteiger partial charge on any atom is -0.371 e. The number of hydrogen-bond donors (Lipinski definition) is 4. The molecule has 0 aliphatic carbocycles. The van der Waals surface area contributed by atoms with Gasteiger partial charge in [-0.05, 0) is 43.3 Å². The van der Waals surface area contributed by atoms with Crippen LogP contribution in [0.4, 0.5) is 32.2 Å². The van der Waals surface area contributed by atoms with Crippen molar-refractivity contribution < 1.29 is 26.3 Å². The SMILES string of the molecule is O=c1cc(NCCCNCc2cc3c(C(F)(F)F)cc(C(F)(F)F)cc3[nH]2)[nH]c2ccccc12. The molecule has 0 atom stereocenters. The Morgan fingerprint density at radius 3 is 2.29 bits per heavy atom. The maximum absolute atomic E-state index is 13.3. The van der Waals surface area contributed by atoms with Gasteiger partial charge in [0.1, 0.15) is 5.82 Å². The van der Waals surface area contributed by atoms with Crippen molar-refractivity contribution in [2.24, 2.45) is 0 Å². The number of aromatic amines is 2. The first kappa shape index (κ1) is 23.7. The predicted molar refractivity (Wildman–Crippen MR) is 118 cm³/mol. The Hall–Kier alpha value is -3.47. The second kappa shape index (κ2) is 9.05. The zero-order valence-electron chi connectivity index (χ0n) is 17.6. The van der Waals surface area contributed by atoms with Crippen LogP contribution in [0, 0.1) is 0 Å². The topological polar surface area (TPSA) is 72.7 Å². The summed E-state index contributed by atoms with van der Waals surface area (Å²) in [5, 5.41) is 6.43. The van der Waals surface area contributed by atoms with Gasteiger partial charge in [0.25, 0.3) is 0 Å². The molecular formula is C23H20F6N4O. The Morgan fingerprint density at radius 1 is 0.794 bits per heavy atom. The monoisotopic (exact) mass is 482 g/mol. The van der Waals surface area contributed by atoms with Gasteiger partial charge in [0.05, 0.1) is 16.6 Å². The second-order valence-electron chi connectivity index (χ2n) is 7.83. The van der Waals surface area contributed by atoms with E-state index >= 15 is 0 Å². The number of halogens is 6. The standard InChI is InChI=1S/C23H20F6N4O/c24-22(25,26)13-8-17(23(27,28)29)16-10-14(32-19(16)9-13)12-30-6-3-7-31-21-11-20(34)15-4-1-2-5-18(15)33-21/h1-2,4-5,8-11,30,32H,3,6-7,12H2,(H2,31,33,34). The van der Waals surface area contributed by atoms with E-state index in [1.165, 1.54) is 12.1 Å². The van der Waals surface area contributed by atoms with Gasteiger partial charge in [0, 0.05) is 41.1 Å². The number of nitrogens with one attached hydrogen (secondary N) is 4. The van der Waals surface area contributed by atoms with E-state index in [9.17, 15) is 31.1 Å². The maximum atomic E-state index is 13.3. The molecule has 180 valence electrons. The number of aromatic nitrogens is 2. The van der Waals surface area contributed by atoms with Gasteiger partial charge < -0.3 is 20.6 Å². The van der Waals surface area contributed by atoms with Crippen molar-refractivity contribution in [2.75, 3.05) is 18.4 Å². The van der Waals surface area contributed by atoms with Crippen LogP contribution in [0.25, 0.3) is 21.8 Å². The highest BCUT2D eigenvalue weighted by Crippen LogP contribution is 2.40. The lowest BCUT2D eigenvalue weighted by atomic mass is 10.0.